The molecule has 186 valence electrons. The standard InChI is InChI=1S/C28H50O4/c1-2-3-4-5-6-7-8-9-10-11-12-13-15-18-21-24-28(30)32-26-23-20-17-14-16-19-22-25-31-27-29/h6-7,9-10,27H,2-5,8,11-26H2,1H3/b7-6-,10-9-. The number of ether oxygens (including phenoxy) is 2. The zero-order valence-corrected chi connectivity index (χ0v) is 20.9. The number of esters is 1. The molecule has 0 aromatic carbocycles. The summed E-state index contributed by atoms with van der Waals surface area (Å²) < 4.78 is 9.99. The van der Waals surface area contributed by atoms with Crippen molar-refractivity contribution in [3.63, 3.8) is 0 Å². The Morgan fingerprint density at radius 3 is 1.78 bits per heavy atom. The molecule has 0 aliphatic rings. The van der Waals surface area contributed by atoms with Crippen molar-refractivity contribution >= 4 is 12.4 Å². The lowest BCUT2D eigenvalue weighted by Crippen LogP contribution is -2.05. The van der Waals surface area contributed by atoms with Crippen LogP contribution in [0.1, 0.15) is 129 Å². The minimum absolute atomic E-state index is 0.0362. The first-order valence-corrected chi connectivity index (χ1v) is 13.3. The lowest BCUT2D eigenvalue weighted by Gasteiger charge is -2.05. The molecule has 0 saturated heterocycles. The molecule has 0 saturated carbocycles. The van der Waals surface area contributed by atoms with Gasteiger partial charge < -0.3 is 9.47 Å². The van der Waals surface area contributed by atoms with Crippen molar-refractivity contribution in [2.24, 2.45) is 0 Å². The SMILES string of the molecule is CCCCC/C=C\C/C=C\CCCCCCCC(=O)OCCCCCCCCCOC=O. The van der Waals surface area contributed by atoms with Gasteiger partial charge in [-0.05, 0) is 51.4 Å². The van der Waals surface area contributed by atoms with Crippen molar-refractivity contribution in [3.8, 4) is 0 Å². The summed E-state index contributed by atoms with van der Waals surface area (Å²) in [6.45, 7) is 3.85. The highest BCUT2D eigenvalue weighted by molar-refractivity contribution is 5.69. The van der Waals surface area contributed by atoms with Crippen LogP contribution in [0.4, 0.5) is 0 Å². The van der Waals surface area contributed by atoms with Gasteiger partial charge in [0.05, 0.1) is 13.2 Å². The largest absolute Gasteiger partial charge is 0.468 e. The molecular formula is C28H50O4. The van der Waals surface area contributed by atoms with Gasteiger partial charge in [0.15, 0.2) is 0 Å². The first kappa shape index (κ1) is 30.4. The molecule has 0 spiro atoms. The average Bonchev–Trinajstić information content (AvgIpc) is 2.80. The van der Waals surface area contributed by atoms with E-state index < -0.39 is 0 Å². The molecule has 0 radical (unpaired) electrons. The molecular weight excluding hydrogens is 400 g/mol. The Balaban J connectivity index is 3.25. The van der Waals surface area contributed by atoms with Crippen LogP contribution in [0.15, 0.2) is 24.3 Å². The van der Waals surface area contributed by atoms with Gasteiger partial charge in [-0.2, -0.15) is 0 Å². The fraction of sp³-hybridized carbons (Fsp3) is 0.786. The van der Waals surface area contributed by atoms with E-state index in [1.54, 1.807) is 0 Å². The minimum Gasteiger partial charge on any atom is -0.468 e. The maximum absolute atomic E-state index is 11.8. The molecule has 0 aliphatic heterocycles. The van der Waals surface area contributed by atoms with E-state index in [0.29, 0.717) is 26.1 Å². The Morgan fingerprint density at radius 2 is 1.16 bits per heavy atom. The van der Waals surface area contributed by atoms with Crippen LogP contribution in [0, 0.1) is 0 Å². The number of unbranched alkanes of at least 4 members (excludes halogenated alkanes) is 14. The second-order valence-corrected chi connectivity index (χ2v) is 8.64. The van der Waals surface area contributed by atoms with Gasteiger partial charge in [0, 0.05) is 6.42 Å². The van der Waals surface area contributed by atoms with E-state index in [1.807, 2.05) is 0 Å². The van der Waals surface area contributed by atoms with Crippen LogP contribution in [-0.4, -0.2) is 25.7 Å². The summed E-state index contributed by atoms with van der Waals surface area (Å²) in [4.78, 5) is 21.8. The molecule has 4 nitrogen and oxygen atoms in total. The van der Waals surface area contributed by atoms with E-state index in [1.165, 1.54) is 70.6 Å². The van der Waals surface area contributed by atoms with Gasteiger partial charge in [0.25, 0.3) is 6.47 Å². The molecule has 0 aromatic rings. The van der Waals surface area contributed by atoms with Crippen LogP contribution < -0.4 is 0 Å². The number of rotatable bonds is 25. The predicted octanol–water partition coefficient (Wildman–Crippen LogP) is 8.25. The van der Waals surface area contributed by atoms with E-state index in [2.05, 4.69) is 36.0 Å². The zero-order chi connectivity index (χ0) is 23.4. The van der Waals surface area contributed by atoms with Gasteiger partial charge in [0.1, 0.15) is 0 Å². The van der Waals surface area contributed by atoms with E-state index in [0.717, 1.165) is 44.9 Å². The smallest absolute Gasteiger partial charge is 0.305 e. The van der Waals surface area contributed by atoms with Crippen molar-refractivity contribution < 1.29 is 19.1 Å². The Bertz CT molecular complexity index is 456. The Morgan fingerprint density at radius 1 is 0.625 bits per heavy atom. The summed E-state index contributed by atoms with van der Waals surface area (Å²) in [5.41, 5.74) is 0. The van der Waals surface area contributed by atoms with Crippen LogP contribution in [-0.2, 0) is 19.1 Å². The van der Waals surface area contributed by atoms with Crippen LogP contribution in [0.25, 0.3) is 0 Å². The quantitative estimate of drug-likeness (QED) is 0.0608. The highest BCUT2D eigenvalue weighted by atomic mass is 16.5. The molecule has 0 amide bonds. The molecule has 0 atom stereocenters. The topological polar surface area (TPSA) is 52.6 Å². The molecule has 0 rings (SSSR count). The van der Waals surface area contributed by atoms with Crippen molar-refractivity contribution in [1.29, 1.82) is 0 Å². The molecule has 0 heterocycles. The van der Waals surface area contributed by atoms with Crippen molar-refractivity contribution in [2.75, 3.05) is 13.2 Å². The average molecular weight is 451 g/mol. The Labute approximate surface area is 198 Å². The minimum atomic E-state index is -0.0362. The third-order valence-electron chi connectivity index (χ3n) is 5.57. The maximum Gasteiger partial charge on any atom is 0.305 e. The third-order valence-corrected chi connectivity index (χ3v) is 5.57. The van der Waals surface area contributed by atoms with Crippen LogP contribution in [0.5, 0.6) is 0 Å². The van der Waals surface area contributed by atoms with Gasteiger partial charge >= 0.3 is 5.97 Å². The summed E-state index contributed by atoms with van der Waals surface area (Å²) >= 11 is 0. The summed E-state index contributed by atoms with van der Waals surface area (Å²) in [6, 6.07) is 0. The van der Waals surface area contributed by atoms with Crippen LogP contribution in [0.2, 0.25) is 0 Å². The lowest BCUT2D eigenvalue weighted by molar-refractivity contribution is -0.143. The molecule has 32 heavy (non-hydrogen) atoms. The number of carbonyl (C=O) groups excluding carboxylic acids is 2. The van der Waals surface area contributed by atoms with E-state index in [-0.39, 0.29) is 5.97 Å². The fourth-order valence-electron chi connectivity index (χ4n) is 3.56. The summed E-state index contributed by atoms with van der Waals surface area (Å²) in [5.74, 6) is -0.0362. The summed E-state index contributed by atoms with van der Waals surface area (Å²) in [5, 5.41) is 0. The molecule has 0 fully saturated rings. The molecule has 0 aromatic heterocycles. The van der Waals surface area contributed by atoms with Gasteiger partial charge in [-0.3, -0.25) is 9.59 Å². The number of carbonyl (C=O) groups is 2. The second kappa shape index (κ2) is 27.5. The monoisotopic (exact) mass is 450 g/mol. The fourth-order valence-corrected chi connectivity index (χ4v) is 3.56. The molecule has 0 unspecified atom stereocenters. The normalized spacial score (nSPS) is 11.4. The van der Waals surface area contributed by atoms with E-state index >= 15 is 0 Å². The summed E-state index contributed by atoms with van der Waals surface area (Å²) in [6.07, 6.45) is 30.6. The van der Waals surface area contributed by atoms with E-state index in [4.69, 9.17) is 4.74 Å². The molecule has 0 N–H and O–H groups in total. The van der Waals surface area contributed by atoms with Gasteiger partial charge in [-0.1, -0.05) is 95.4 Å². The van der Waals surface area contributed by atoms with Crippen molar-refractivity contribution in [1.82, 2.24) is 0 Å². The maximum atomic E-state index is 11.8. The van der Waals surface area contributed by atoms with Crippen LogP contribution >= 0.6 is 0 Å². The van der Waals surface area contributed by atoms with Crippen LogP contribution in [0.3, 0.4) is 0 Å². The van der Waals surface area contributed by atoms with Gasteiger partial charge in [0.2, 0.25) is 0 Å². The number of hydrogen-bond acceptors (Lipinski definition) is 4. The molecule has 0 aliphatic carbocycles. The summed E-state index contributed by atoms with van der Waals surface area (Å²) in [7, 11) is 0. The predicted molar refractivity (Wildman–Crippen MR) is 135 cm³/mol. The highest BCUT2D eigenvalue weighted by Crippen LogP contribution is 2.10. The zero-order valence-electron chi connectivity index (χ0n) is 20.9. The first-order valence-electron chi connectivity index (χ1n) is 13.3. The highest BCUT2D eigenvalue weighted by Gasteiger charge is 2.02. The molecule has 0 bridgehead atoms. The van der Waals surface area contributed by atoms with Crippen molar-refractivity contribution in [3.05, 3.63) is 24.3 Å². The second-order valence-electron chi connectivity index (χ2n) is 8.64. The Hall–Kier alpha value is -1.58. The van der Waals surface area contributed by atoms with E-state index in [9.17, 15) is 9.59 Å². The third kappa shape index (κ3) is 26.5. The molecule has 4 heteroatoms. The number of hydrogen-bond donors (Lipinski definition) is 0. The van der Waals surface area contributed by atoms with Gasteiger partial charge in [-0.25, -0.2) is 0 Å². The Kier molecular flexibility index (Phi) is 26.1. The van der Waals surface area contributed by atoms with Gasteiger partial charge in [-0.15, -0.1) is 0 Å². The van der Waals surface area contributed by atoms with Crippen molar-refractivity contribution in [2.45, 2.75) is 129 Å². The first-order chi connectivity index (χ1) is 15.8. The number of allylic oxidation sites excluding steroid dienone is 4. The lowest BCUT2D eigenvalue weighted by atomic mass is 10.1.